The van der Waals surface area contributed by atoms with Gasteiger partial charge in [0, 0.05) is 77.9 Å². The van der Waals surface area contributed by atoms with E-state index in [1.54, 1.807) is 0 Å². The van der Waals surface area contributed by atoms with Gasteiger partial charge in [-0.2, -0.15) is 5.26 Å². The molecule has 0 N–H and O–H groups in total. The predicted molar refractivity (Wildman–Crippen MR) is 564 cm³/mol. The number of anilines is 6. The van der Waals surface area contributed by atoms with E-state index in [0.717, 1.165) is 184 Å². The Morgan fingerprint density at radius 1 is 0.256 bits per heavy atom. The van der Waals surface area contributed by atoms with Crippen LogP contribution < -0.4 is 26.2 Å². The lowest BCUT2D eigenvalue weighted by Gasteiger charge is -2.46. The summed E-state index contributed by atoms with van der Waals surface area (Å²) < 4.78 is 5.09. The Labute approximate surface area is 781 Å². The smallest absolute Gasteiger partial charge is 0.252 e. The maximum Gasteiger partial charge on any atom is 0.252 e. The van der Waals surface area contributed by atoms with Crippen molar-refractivity contribution in [2.24, 2.45) is 0 Å². The van der Waals surface area contributed by atoms with E-state index in [9.17, 15) is 5.26 Å². The van der Waals surface area contributed by atoms with Crippen LogP contribution in [0.3, 0.4) is 0 Å². The summed E-state index contributed by atoms with van der Waals surface area (Å²) in [6.45, 7) is 35.7. The van der Waals surface area contributed by atoms with Gasteiger partial charge in [-0.05, 0) is 272 Å². The molecule has 0 bridgehead atoms. The van der Waals surface area contributed by atoms with Crippen molar-refractivity contribution in [2.45, 2.75) is 105 Å². The molecule has 0 saturated carbocycles. The van der Waals surface area contributed by atoms with Crippen LogP contribution >= 0.6 is 0 Å². The number of benzene rings is 18. The maximum absolute atomic E-state index is 10.5. The molecule has 0 unspecified atom stereocenters. The van der Waals surface area contributed by atoms with Crippen LogP contribution in [0.1, 0.15) is 111 Å². The second kappa shape index (κ2) is 32.1. The summed E-state index contributed by atoms with van der Waals surface area (Å²) in [6.07, 6.45) is 0. The van der Waals surface area contributed by atoms with Gasteiger partial charge >= 0.3 is 0 Å². The maximum atomic E-state index is 10.5. The largest absolute Gasteiger partial charge is 0.310 e. The average Bonchev–Trinajstić information content (AvgIpc) is 0.996. The van der Waals surface area contributed by atoms with Gasteiger partial charge in [0.1, 0.15) is 0 Å². The molecule has 7 heteroatoms. The van der Waals surface area contributed by atoms with E-state index in [4.69, 9.17) is 6.57 Å². The molecule has 0 spiro atoms. The number of aromatic nitrogens is 2. The van der Waals surface area contributed by atoms with Crippen molar-refractivity contribution in [3.63, 3.8) is 0 Å². The minimum Gasteiger partial charge on any atom is -0.310 e. The third-order valence-electron chi connectivity index (χ3n) is 27.7. The number of hydrogen-bond donors (Lipinski definition) is 0. The first-order valence-electron chi connectivity index (χ1n) is 46.5. The monoisotopic (exact) mass is 1710 g/mol. The van der Waals surface area contributed by atoms with Crippen LogP contribution in [0.15, 0.2) is 394 Å². The van der Waals surface area contributed by atoms with E-state index in [1.807, 2.05) is 24.3 Å². The summed E-state index contributed by atoms with van der Waals surface area (Å²) in [7, 11) is 0. The number of fused-ring (bicyclic) bond motifs is 10. The van der Waals surface area contributed by atoms with Crippen molar-refractivity contribution in [3.05, 3.63) is 434 Å². The molecule has 2 aliphatic rings. The van der Waals surface area contributed by atoms with Gasteiger partial charge in [-0.3, -0.25) is 0 Å². The van der Waals surface area contributed by atoms with Gasteiger partial charge in [-0.1, -0.05) is 344 Å². The minimum absolute atomic E-state index is 0.122. The molecule has 22 rings (SSSR count). The lowest BCUT2D eigenvalue weighted by Crippen LogP contribution is -2.61. The summed E-state index contributed by atoms with van der Waals surface area (Å²) >= 11 is 0. The van der Waals surface area contributed by atoms with Crippen molar-refractivity contribution in [2.75, 3.05) is 9.80 Å². The first kappa shape index (κ1) is 82.9. The van der Waals surface area contributed by atoms with Crippen molar-refractivity contribution in [1.29, 1.82) is 5.26 Å². The Bertz CT molecular complexity index is 7540. The number of nitrogens with zero attached hydrogens (tertiary/aromatic N) is 6. The number of rotatable bonds is 13. The van der Waals surface area contributed by atoms with Crippen LogP contribution in [0.2, 0.25) is 0 Å². The van der Waals surface area contributed by atoms with Crippen LogP contribution in [0.5, 0.6) is 0 Å². The van der Waals surface area contributed by atoms with Gasteiger partial charge in [0.15, 0.2) is 5.69 Å². The van der Waals surface area contributed by atoms with Crippen LogP contribution in [0, 0.1) is 17.9 Å². The summed E-state index contributed by atoms with van der Waals surface area (Å²) in [6, 6.07) is 150. The third-order valence-corrected chi connectivity index (χ3v) is 27.7. The standard InChI is InChI=1S/C126H101BN6/c1-123(2,3)95-51-61-112-106(73-95)107-74-96(124(4,5)6)52-62-113(107)130(112)100-57-59-110-116(77-100)132(121-102(86-37-25-17-26-38-86)67-92(84-47-45-80(79-128)46-48-84)69-104(121)90-43-29-41-88(65-90)81-31-19-14-20-32-81)118-71-94(83-35-23-16-24-36-83)72-119-120(118)127(110)111-60-58-101(131-114-63-53-97(125(7,8)9)75-108(114)109-76-98(126(10,11)12)54-64-115(109)131)78-117(111)133(119)122-103(87-39-27-18-28-40-87)68-93(85-49-55-99(129-13)56-50-85)70-105(122)91-44-30-42-89(66-91)82-33-21-15-22-34-82/h14-78H,1-12H3. The summed E-state index contributed by atoms with van der Waals surface area (Å²) in [4.78, 5) is 9.33. The second-order valence-electron chi connectivity index (χ2n) is 40.3. The Kier molecular flexibility index (Phi) is 20.0. The Balaban J connectivity index is 0.934. The molecule has 0 amide bonds. The zero-order valence-electron chi connectivity index (χ0n) is 77.3. The highest BCUT2D eigenvalue weighted by Gasteiger charge is 2.47. The lowest BCUT2D eigenvalue weighted by atomic mass is 9.33. The van der Waals surface area contributed by atoms with E-state index in [0.29, 0.717) is 11.3 Å². The molecule has 2 aliphatic heterocycles. The van der Waals surface area contributed by atoms with Crippen LogP contribution in [-0.4, -0.2) is 15.8 Å². The molecule has 0 saturated heterocycles. The highest BCUT2D eigenvalue weighted by atomic mass is 15.2. The van der Waals surface area contributed by atoms with Crippen molar-refractivity contribution in [1.82, 2.24) is 9.13 Å². The first-order chi connectivity index (χ1) is 64.4. The van der Waals surface area contributed by atoms with Crippen molar-refractivity contribution < 1.29 is 0 Å². The molecule has 0 radical (unpaired) electrons. The number of nitriles is 1. The SMILES string of the molecule is [C-]#[N+]c1ccc(-c2cc(-c3ccccc3)c(N3c4cc(-n5c6ccc(C(C)(C)C)cc6c6cc(C(C)(C)C)ccc65)ccc4B4c5ccc(-n6c7ccc(C(C)(C)C)cc7c7cc(C(C)(C)C)ccc76)cc5N(c5c(-c6ccccc6)cc(-c6ccc(C#N)cc6)cc5-c5cccc(-c6ccccc6)c5)c5cc(-c6ccccc6)cc3c54)c(-c3cccc(-c4ccccc4)c3)c2)cc1. The van der Waals surface area contributed by atoms with Gasteiger partial charge in [0.05, 0.1) is 51.6 Å². The summed E-state index contributed by atoms with van der Waals surface area (Å²) in [5, 5.41) is 15.3. The van der Waals surface area contributed by atoms with E-state index in [2.05, 4.69) is 483 Å². The van der Waals surface area contributed by atoms with Crippen molar-refractivity contribution in [3.8, 4) is 118 Å². The fourth-order valence-electron chi connectivity index (χ4n) is 20.7. The molecule has 0 atom stereocenters. The van der Waals surface area contributed by atoms with Crippen molar-refractivity contribution >= 4 is 107 Å². The topological polar surface area (TPSA) is 44.5 Å². The van der Waals surface area contributed by atoms with Crippen LogP contribution in [-0.2, 0) is 21.7 Å². The van der Waals surface area contributed by atoms with Gasteiger partial charge in [0.25, 0.3) is 6.71 Å². The Morgan fingerprint density at radius 2 is 0.549 bits per heavy atom. The Hall–Kier alpha value is -15.8. The molecule has 4 heterocycles. The molecule has 638 valence electrons. The first-order valence-corrected chi connectivity index (χ1v) is 46.5. The van der Waals surface area contributed by atoms with E-state index in [1.165, 1.54) is 43.8 Å². The van der Waals surface area contributed by atoms with Gasteiger partial charge in [0.2, 0.25) is 0 Å². The molecule has 20 aromatic rings. The molecule has 133 heavy (non-hydrogen) atoms. The van der Waals surface area contributed by atoms with Crippen LogP contribution in [0.25, 0.3) is 160 Å². The molecule has 2 aromatic heterocycles. The lowest BCUT2D eigenvalue weighted by molar-refractivity contribution is 0.590. The second-order valence-corrected chi connectivity index (χ2v) is 40.3. The molecule has 0 fully saturated rings. The molecule has 18 aromatic carbocycles. The fourth-order valence-corrected chi connectivity index (χ4v) is 20.7. The predicted octanol–water partition coefficient (Wildman–Crippen LogP) is 32.6. The quantitative estimate of drug-likeness (QED) is 0.0854. The average molecular weight is 1710 g/mol. The zero-order valence-corrected chi connectivity index (χ0v) is 77.3. The third kappa shape index (κ3) is 14.6. The van der Waals surface area contributed by atoms with Gasteiger partial charge in [-0.25, -0.2) is 4.85 Å². The van der Waals surface area contributed by atoms with E-state index in [-0.39, 0.29) is 21.7 Å². The van der Waals surface area contributed by atoms with Gasteiger partial charge in [-0.15, -0.1) is 0 Å². The minimum atomic E-state index is -0.410. The highest BCUT2D eigenvalue weighted by Crippen LogP contribution is 2.57. The molecule has 6 nitrogen and oxygen atoms in total. The van der Waals surface area contributed by atoms with Crippen LogP contribution in [0.4, 0.5) is 39.8 Å². The summed E-state index contributed by atoms with van der Waals surface area (Å²) in [5.74, 6) is 0. The van der Waals surface area contributed by atoms with E-state index < -0.39 is 6.71 Å². The highest BCUT2D eigenvalue weighted by molar-refractivity contribution is 7.00. The Morgan fingerprint density at radius 3 is 0.880 bits per heavy atom. The molecular formula is C126H101BN6. The fraction of sp³-hybridized carbons (Fsp3) is 0.127. The normalized spacial score (nSPS) is 12.6. The molecular weight excluding hydrogens is 1610 g/mol. The summed E-state index contributed by atoms with van der Waals surface area (Å²) in [5.41, 5.74) is 40.8. The zero-order chi connectivity index (χ0) is 91.1. The van der Waals surface area contributed by atoms with E-state index >= 15 is 0 Å². The van der Waals surface area contributed by atoms with Gasteiger partial charge < -0.3 is 18.9 Å². The number of hydrogen-bond acceptors (Lipinski definition) is 3. The molecule has 0 aliphatic carbocycles.